The highest BCUT2D eigenvalue weighted by molar-refractivity contribution is 5.73. The topological polar surface area (TPSA) is 55.8 Å². The Morgan fingerprint density at radius 3 is 2.58 bits per heavy atom. The molecule has 0 heterocycles. The average Bonchev–Trinajstić information content (AvgIpc) is 3.52. The van der Waals surface area contributed by atoms with E-state index in [4.69, 9.17) is 9.47 Å². The van der Waals surface area contributed by atoms with Crippen molar-refractivity contribution in [1.29, 1.82) is 0 Å². The molecule has 0 spiro atoms. The number of benzene rings is 2. The van der Waals surface area contributed by atoms with Gasteiger partial charge in [-0.3, -0.25) is 4.79 Å². The van der Waals surface area contributed by atoms with Crippen molar-refractivity contribution in [2.75, 3.05) is 13.7 Å². The van der Waals surface area contributed by atoms with Crippen molar-refractivity contribution in [3.8, 4) is 5.75 Å². The maximum Gasteiger partial charge on any atom is 0.309 e. The molecule has 2 saturated carbocycles. The van der Waals surface area contributed by atoms with Crippen molar-refractivity contribution in [3.05, 3.63) is 65.5 Å². The summed E-state index contributed by atoms with van der Waals surface area (Å²) in [6.07, 6.45) is 4.74. The maximum atomic E-state index is 13.8. The zero-order valence-corrected chi connectivity index (χ0v) is 18.0. The van der Waals surface area contributed by atoms with Crippen LogP contribution < -0.4 is 4.74 Å². The summed E-state index contributed by atoms with van der Waals surface area (Å²) in [5.74, 6) is 1.05. The first-order valence-corrected chi connectivity index (χ1v) is 11.2. The summed E-state index contributed by atoms with van der Waals surface area (Å²) in [6, 6.07) is 14.2. The molecule has 2 aliphatic carbocycles. The summed E-state index contributed by atoms with van der Waals surface area (Å²) in [5, 5.41) is 9.97. The Hall–Kier alpha value is -2.40. The number of halogens is 1. The third kappa shape index (κ3) is 5.45. The van der Waals surface area contributed by atoms with Gasteiger partial charge in [0.05, 0.1) is 13.0 Å². The summed E-state index contributed by atoms with van der Waals surface area (Å²) < 4.78 is 24.7. The maximum absolute atomic E-state index is 13.8. The minimum atomic E-state index is -0.258. The van der Waals surface area contributed by atoms with Gasteiger partial charge in [-0.15, -0.1) is 0 Å². The number of esters is 1. The van der Waals surface area contributed by atoms with Crippen LogP contribution in [-0.4, -0.2) is 24.8 Å². The van der Waals surface area contributed by atoms with E-state index < -0.39 is 0 Å². The summed E-state index contributed by atoms with van der Waals surface area (Å²) in [6.45, 7) is 0.294. The zero-order chi connectivity index (χ0) is 21.8. The highest BCUT2D eigenvalue weighted by atomic mass is 19.1. The molecule has 5 heteroatoms. The molecule has 166 valence electrons. The van der Waals surface area contributed by atoms with Gasteiger partial charge in [-0.05, 0) is 78.3 Å². The standard InChI is InChI=1S/C26H31FO4/c1-30-23-9-7-18(8-10-23)16-31-26(29)25(11-17-5-6-17)20-12-21(15-28)24(14-20)19-3-2-4-22(27)13-19/h2-4,7-10,13,17,20-21,24-25,28H,5-6,11-12,14-16H2,1H3/t20?,21?,24?,25-/m1/s1. The highest BCUT2D eigenvalue weighted by Gasteiger charge is 2.43. The van der Waals surface area contributed by atoms with Crippen LogP contribution in [-0.2, 0) is 16.1 Å². The van der Waals surface area contributed by atoms with Gasteiger partial charge in [0, 0.05) is 6.61 Å². The second-order valence-electron chi connectivity index (χ2n) is 9.08. The van der Waals surface area contributed by atoms with Crippen molar-refractivity contribution >= 4 is 5.97 Å². The molecule has 0 amide bonds. The lowest BCUT2D eigenvalue weighted by molar-refractivity contribution is -0.152. The van der Waals surface area contributed by atoms with Gasteiger partial charge in [0.15, 0.2) is 0 Å². The van der Waals surface area contributed by atoms with Crippen molar-refractivity contribution in [1.82, 2.24) is 0 Å². The largest absolute Gasteiger partial charge is 0.497 e. The first kappa shape index (κ1) is 21.8. The Kier molecular flexibility index (Phi) is 6.91. The van der Waals surface area contributed by atoms with Gasteiger partial charge in [-0.25, -0.2) is 4.39 Å². The molecule has 31 heavy (non-hydrogen) atoms. The number of aliphatic hydroxyl groups is 1. The lowest BCUT2D eigenvalue weighted by Crippen LogP contribution is -2.25. The summed E-state index contributed by atoms with van der Waals surface area (Å²) in [7, 11) is 1.62. The van der Waals surface area contributed by atoms with Gasteiger partial charge < -0.3 is 14.6 Å². The van der Waals surface area contributed by atoms with E-state index >= 15 is 0 Å². The first-order chi connectivity index (χ1) is 15.1. The summed E-state index contributed by atoms with van der Waals surface area (Å²) >= 11 is 0. The molecule has 3 unspecified atom stereocenters. The SMILES string of the molecule is COc1ccc(COC(=O)[C@H](CC2CC2)C2CC(CO)C(c3cccc(F)c3)C2)cc1. The van der Waals surface area contributed by atoms with Crippen LogP contribution in [0.15, 0.2) is 48.5 Å². The fourth-order valence-electron chi connectivity index (χ4n) is 5.02. The molecule has 2 aromatic rings. The van der Waals surface area contributed by atoms with Gasteiger partial charge in [0.1, 0.15) is 18.2 Å². The molecule has 2 aromatic carbocycles. The molecule has 4 rings (SSSR count). The van der Waals surface area contributed by atoms with Gasteiger partial charge in [-0.2, -0.15) is 0 Å². The fourth-order valence-corrected chi connectivity index (χ4v) is 5.02. The molecule has 0 bridgehead atoms. The molecule has 4 nitrogen and oxygen atoms in total. The number of ether oxygens (including phenoxy) is 2. The minimum Gasteiger partial charge on any atom is -0.497 e. The first-order valence-electron chi connectivity index (χ1n) is 11.2. The van der Waals surface area contributed by atoms with E-state index in [9.17, 15) is 14.3 Å². The van der Waals surface area contributed by atoms with Crippen LogP contribution in [0.4, 0.5) is 4.39 Å². The van der Waals surface area contributed by atoms with Crippen LogP contribution in [0.1, 0.15) is 49.1 Å². The minimum absolute atomic E-state index is 0.0443. The molecule has 2 fully saturated rings. The molecule has 2 aliphatic rings. The van der Waals surface area contributed by atoms with Crippen molar-refractivity contribution < 1.29 is 23.8 Å². The fraction of sp³-hybridized carbons (Fsp3) is 0.500. The summed E-state index contributed by atoms with van der Waals surface area (Å²) in [4.78, 5) is 13.1. The third-order valence-corrected chi connectivity index (χ3v) is 6.94. The smallest absolute Gasteiger partial charge is 0.309 e. The van der Waals surface area contributed by atoms with Crippen LogP contribution in [0.3, 0.4) is 0 Å². The van der Waals surface area contributed by atoms with Gasteiger partial charge in [0.25, 0.3) is 0 Å². The summed E-state index contributed by atoms with van der Waals surface area (Å²) in [5.41, 5.74) is 1.84. The number of carbonyl (C=O) groups is 1. The van der Waals surface area contributed by atoms with E-state index in [1.54, 1.807) is 19.2 Å². The van der Waals surface area contributed by atoms with Crippen molar-refractivity contribution in [2.24, 2.45) is 23.7 Å². The second-order valence-corrected chi connectivity index (χ2v) is 9.08. The Balaban J connectivity index is 1.44. The lowest BCUT2D eigenvalue weighted by Gasteiger charge is -2.22. The Morgan fingerprint density at radius 2 is 1.94 bits per heavy atom. The van der Waals surface area contributed by atoms with Gasteiger partial charge >= 0.3 is 5.97 Å². The Labute approximate surface area is 183 Å². The zero-order valence-electron chi connectivity index (χ0n) is 18.0. The molecule has 1 N–H and O–H groups in total. The second kappa shape index (κ2) is 9.82. The van der Waals surface area contributed by atoms with Crippen LogP contribution in [0.25, 0.3) is 0 Å². The molecule has 0 aromatic heterocycles. The Morgan fingerprint density at radius 1 is 1.16 bits per heavy atom. The molecule has 0 saturated heterocycles. The molecule has 0 aliphatic heterocycles. The number of hydrogen-bond donors (Lipinski definition) is 1. The van der Waals surface area contributed by atoms with E-state index in [1.807, 2.05) is 30.3 Å². The number of rotatable bonds is 9. The number of carbonyl (C=O) groups excluding carboxylic acids is 1. The number of hydrogen-bond acceptors (Lipinski definition) is 4. The average molecular weight is 427 g/mol. The quantitative estimate of drug-likeness (QED) is 0.567. The van der Waals surface area contributed by atoms with E-state index in [1.165, 1.54) is 18.9 Å². The predicted molar refractivity (Wildman–Crippen MR) is 116 cm³/mol. The number of methoxy groups -OCH3 is 1. The van der Waals surface area contributed by atoms with Gasteiger partial charge in [-0.1, -0.05) is 37.1 Å². The van der Waals surface area contributed by atoms with Crippen molar-refractivity contribution in [2.45, 2.75) is 44.6 Å². The van der Waals surface area contributed by atoms with Crippen LogP contribution in [0.2, 0.25) is 0 Å². The van der Waals surface area contributed by atoms with Gasteiger partial charge in [0.2, 0.25) is 0 Å². The number of aliphatic hydroxyl groups excluding tert-OH is 1. The molecule has 0 radical (unpaired) electrons. The monoisotopic (exact) mass is 426 g/mol. The van der Waals surface area contributed by atoms with Crippen molar-refractivity contribution in [3.63, 3.8) is 0 Å². The van der Waals surface area contributed by atoms with Crippen LogP contribution in [0.5, 0.6) is 5.75 Å². The van der Waals surface area contributed by atoms with E-state index in [0.29, 0.717) is 5.92 Å². The lowest BCUT2D eigenvalue weighted by atomic mass is 9.85. The third-order valence-electron chi connectivity index (χ3n) is 6.94. The molecular weight excluding hydrogens is 395 g/mol. The van der Waals surface area contributed by atoms with E-state index in [2.05, 4.69) is 0 Å². The van der Waals surface area contributed by atoms with Crippen LogP contribution in [0, 0.1) is 29.5 Å². The normalized spacial score (nSPS) is 24.0. The molecular formula is C26H31FO4. The van der Waals surface area contributed by atoms with E-state index in [0.717, 1.165) is 36.1 Å². The van der Waals surface area contributed by atoms with E-state index in [-0.39, 0.29) is 48.7 Å². The highest BCUT2D eigenvalue weighted by Crippen LogP contribution is 2.49. The predicted octanol–water partition coefficient (Wildman–Crippen LogP) is 5.10. The molecule has 4 atom stereocenters. The van der Waals surface area contributed by atoms with Crippen LogP contribution >= 0.6 is 0 Å². The Bertz CT molecular complexity index is 877.